The number of thiophene rings is 1. The fourth-order valence-electron chi connectivity index (χ4n) is 2.91. The van der Waals surface area contributed by atoms with E-state index in [4.69, 9.17) is 9.47 Å². The van der Waals surface area contributed by atoms with Crippen molar-refractivity contribution in [2.24, 2.45) is 0 Å². The van der Waals surface area contributed by atoms with Crippen LogP contribution in [0.15, 0.2) is 39.9 Å². The second-order valence-corrected chi connectivity index (χ2v) is 8.90. The van der Waals surface area contributed by atoms with Gasteiger partial charge in [0.25, 0.3) is 10.0 Å². The summed E-state index contributed by atoms with van der Waals surface area (Å²) in [5, 5.41) is 1.79. The highest BCUT2D eigenvalue weighted by molar-refractivity contribution is 7.91. The molecule has 6 nitrogen and oxygen atoms in total. The van der Waals surface area contributed by atoms with Gasteiger partial charge >= 0.3 is 0 Å². The van der Waals surface area contributed by atoms with Gasteiger partial charge in [0.05, 0.1) is 14.2 Å². The van der Waals surface area contributed by atoms with Crippen molar-refractivity contribution in [3.8, 4) is 11.5 Å². The Morgan fingerprint density at radius 2 is 1.84 bits per heavy atom. The lowest BCUT2D eigenvalue weighted by Gasteiger charge is -2.33. The van der Waals surface area contributed by atoms with Gasteiger partial charge in [-0.3, -0.25) is 4.90 Å². The molecule has 2 aromatic rings. The Morgan fingerprint density at radius 1 is 1.08 bits per heavy atom. The maximum atomic E-state index is 12.6. The normalized spacial score (nSPS) is 16.7. The van der Waals surface area contributed by atoms with Gasteiger partial charge in [0.1, 0.15) is 15.7 Å². The monoisotopic (exact) mass is 382 g/mol. The van der Waals surface area contributed by atoms with Gasteiger partial charge in [-0.1, -0.05) is 6.07 Å². The van der Waals surface area contributed by atoms with Gasteiger partial charge in [0, 0.05) is 38.3 Å². The van der Waals surface area contributed by atoms with Crippen molar-refractivity contribution in [3.63, 3.8) is 0 Å². The van der Waals surface area contributed by atoms with Crippen molar-refractivity contribution in [1.29, 1.82) is 0 Å². The van der Waals surface area contributed by atoms with Crippen molar-refractivity contribution in [3.05, 3.63) is 41.3 Å². The van der Waals surface area contributed by atoms with Crippen molar-refractivity contribution >= 4 is 21.4 Å². The molecule has 0 N–H and O–H groups in total. The molecule has 136 valence electrons. The Morgan fingerprint density at radius 3 is 2.44 bits per heavy atom. The average molecular weight is 383 g/mol. The van der Waals surface area contributed by atoms with Crippen molar-refractivity contribution in [2.75, 3.05) is 40.4 Å². The van der Waals surface area contributed by atoms with Crippen LogP contribution in [0.5, 0.6) is 11.5 Å². The molecule has 25 heavy (non-hydrogen) atoms. The SMILES string of the molecule is COc1ccc(OC)c(CN2CCN(S(=O)(=O)c3cccs3)CC2)c1. The number of benzene rings is 1. The number of sulfonamides is 1. The number of methoxy groups -OCH3 is 2. The van der Waals surface area contributed by atoms with Crippen LogP contribution in [-0.2, 0) is 16.6 Å². The summed E-state index contributed by atoms with van der Waals surface area (Å²) >= 11 is 1.26. The van der Waals surface area contributed by atoms with Crippen LogP contribution in [0, 0.1) is 0 Å². The third-order valence-corrected chi connectivity index (χ3v) is 7.57. The summed E-state index contributed by atoms with van der Waals surface area (Å²) in [4.78, 5) is 2.23. The van der Waals surface area contributed by atoms with E-state index >= 15 is 0 Å². The molecule has 0 atom stereocenters. The van der Waals surface area contributed by atoms with E-state index in [1.165, 1.54) is 11.3 Å². The summed E-state index contributed by atoms with van der Waals surface area (Å²) in [5.74, 6) is 1.60. The maximum absolute atomic E-state index is 12.6. The largest absolute Gasteiger partial charge is 0.497 e. The third kappa shape index (κ3) is 3.98. The molecule has 0 unspecified atom stereocenters. The maximum Gasteiger partial charge on any atom is 0.252 e. The van der Waals surface area contributed by atoms with Gasteiger partial charge in [-0.05, 0) is 29.6 Å². The molecule has 3 rings (SSSR count). The van der Waals surface area contributed by atoms with Crippen molar-refractivity contribution in [2.45, 2.75) is 10.8 Å². The molecule has 1 aromatic heterocycles. The van der Waals surface area contributed by atoms with E-state index in [1.807, 2.05) is 18.2 Å². The smallest absolute Gasteiger partial charge is 0.252 e. The van der Waals surface area contributed by atoms with E-state index in [0.29, 0.717) is 36.9 Å². The van der Waals surface area contributed by atoms with Crippen molar-refractivity contribution in [1.82, 2.24) is 9.21 Å². The number of ether oxygens (including phenoxy) is 2. The highest BCUT2D eigenvalue weighted by atomic mass is 32.2. The van der Waals surface area contributed by atoms with Gasteiger partial charge in [-0.2, -0.15) is 4.31 Å². The zero-order valence-corrected chi connectivity index (χ0v) is 16.0. The van der Waals surface area contributed by atoms with E-state index in [-0.39, 0.29) is 0 Å². The standard InChI is InChI=1S/C17H22N2O4S2/c1-22-15-5-6-16(23-2)14(12-15)13-18-7-9-19(10-8-18)25(20,21)17-4-3-11-24-17/h3-6,11-12H,7-10,13H2,1-2H3. The van der Waals surface area contributed by atoms with Crippen molar-refractivity contribution < 1.29 is 17.9 Å². The highest BCUT2D eigenvalue weighted by Gasteiger charge is 2.29. The molecular weight excluding hydrogens is 360 g/mol. The first-order valence-corrected chi connectivity index (χ1v) is 10.3. The van der Waals surface area contributed by atoms with Gasteiger partial charge in [-0.25, -0.2) is 8.42 Å². The Kier molecular flexibility index (Phi) is 5.63. The summed E-state index contributed by atoms with van der Waals surface area (Å²) < 4.78 is 37.8. The fraction of sp³-hybridized carbons (Fsp3) is 0.412. The van der Waals surface area contributed by atoms with Crippen LogP contribution in [-0.4, -0.2) is 58.0 Å². The van der Waals surface area contributed by atoms with Crippen LogP contribution in [0.1, 0.15) is 5.56 Å². The summed E-state index contributed by atoms with van der Waals surface area (Å²) in [6.07, 6.45) is 0. The molecule has 2 heterocycles. The van der Waals surface area contributed by atoms with E-state index in [1.54, 1.807) is 36.0 Å². The minimum atomic E-state index is -3.36. The van der Waals surface area contributed by atoms with Crippen LogP contribution in [0.3, 0.4) is 0 Å². The first kappa shape index (κ1) is 18.2. The van der Waals surface area contributed by atoms with E-state index in [2.05, 4.69) is 4.90 Å². The molecule has 0 radical (unpaired) electrons. The topological polar surface area (TPSA) is 59.1 Å². The first-order valence-electron chi connectivity index (χ1n) is 8.01. The van der Waals surface area contributed by atoms with Gasteiger partial charge < -0.3 is 9.47 Å². The summed E-state index contributed by atoms with van der Waals surface area (Å²) in [7, 11) is -0.0696. The Hall–Kier alpha value is -1.61. The fourth-order valence-corrected chi connectivity index (χ4v) is 5.48. The van der Waals surface area contributed by atoms with Gasteiger partial charge in [0.2, 0.25) is 0 Å². The molecule has 0 bridgehead atoms. The first-order chi connectivity index (χ1) is 12.0. The molecule has 1 saturated heterocycles. The van der Waals surface area contributed by atoms with E-state index in [9.17, 15) is 8.42 Å². The zero-order chi connectivity index (χ0) is 17.9. The van der Waals surface area contributed by atoms with Crippen LogP contribution in [0.2, 0.25) is 0 Å². The molecule has 1 aliphatic rings. The molecule has 0 aliphatic carbocycles. The molecule has 0 spiro atoms. The molecule has 1 aliphatic heterocycles. The van der Waals surface area contributed by atoms with Crippen LogP contribution in [0.4, 0.5) is 0 Å². The number of rotatable bonds is 6. The van der Waals surface area contributed by atoms with E-state index in [0.717, 1.165) is 17.1 Å². The Balaban J connectivity index is 1.65. The molecule has 0 amide bonds. The summed E-state index contributed by atoms with van der Waals surface area (Å²) in [6.45, 7) is 3.06. The molecule has 1 aromatic carbocycles. The zero-order valence-electron chi connectivity index (χ0n) is 14.3. The molecule has 1 fully saturated rings. The lowest BCUT2D eigenvalue weighted by Crippen LogP contribution is -2.48. The molecule has 0 saturated carbocycles. The minimum absolute atomic E-state index is 0.412. The third-order valence-electron chi connectivity index (χ3n) is 4.30. The second-order valence-electron chi connectivity index (χ2n) is 5.79. The number of hydrogen-bond acceptors (Lipinski definition) is 6. The van der Waals surface area contributed by atoms with Gasteiger partial charge in [-0.15, -0.1) is 11.3 Å². The summed E-state index contributed by atoms with van der Waals surface area (Å²) in [5.41, 5.74) is 1.04. The van der Waals surface area contributed by atoms with E-state index < -0.39 is 10.0 Å². The number of nitrogens with zero attached hydrogens (tertiary/aromatic N) is 2. The Bertz CT molecular complexity index is 798. The second kappa shape index (κ2) is 7.74. The number of hydrogen-bond donors (Lipinski definition) is 0. The lowest BCUT2D eigenvalue weighted by atomic mass is 10.1. The molecule has 8 heteroatoms. The average Bonchev–Trinajstić information content (AvgIpc) is 3.17. The predicted molar refractivity (Wildman–Crippen MR) is 97.9 cm³/mol. The van der Waals surface area contributed by atoms with Crippen LogP contribution >= 0.6 is 11.3 Å². The van der Waals surface area contributed by atoms with Gasteiger partial charge in [0.15, 0.2) is 0 Å². The van der Waals surface area contributed by atoms with Crippen LogP contribution < -0.4 is 9.47 Å². The summed E-state index contributed by atoms with van der Waals surface area (Å²) in [6, 6.07) is 9.16. The lowest BCUT2D eigenvalue weighted by molar-refractivity contribution is 0.180. The Labute approximate surface area is 152 Å². The number of piperazine rings is 1. The van der Waals surface area contributed by atoms with Crippen LogP contribution in [0.25, 0.3) is 0 Å². The molecular formula is C17H22N2O4S2. The highest BCUT2D eigenvalue weighted by Crippen LogP contribution is 2.27. The predicted octanol–water partition coefficient (Wildman–Crippen LogP) is 2.27. The minimum Gasteiger partial charge on any atom is -0.497 e. The quantitative estimate of drug-likeness (QED) is 0.767.